The van der Waals surface area contributed by atoms with Crippen molar-refractivity contribution in [2.75, 3.05) is 12.4 Å². The van der Waals surface area contributed by atoms with Crippen LogP contribution in [0, 0.1) is 6.92 Å². The van der Waals surface area contributed by atoms with Crippen LogP contribution in [0.3, 0.4) is 0 Å². The molecule has 1 aliphatic rings. The summed E-state index contributed by atoms with van der Waals surface area (Å²) in [4.78, 5) is 13.0. The van der Waals surface area contributed by atoms with Gasteiger partial charge in [0.25, 0.3) is 5.91 Å². The highest BCUT2D eigenvalue weighted by Gasteiger charge is 2.43. The molecule has 204 valence electrons. The van der Waals surface area contributed by atoms with Crippen molar-refractivity contribution >= 4 is 28.1 Å². The van der Waals surface area contributed by atoms with E-state index < -0.39 is 5.54 Å². The zero-order chi connectivity index (χ0) is 28.7. The molecule has 6 aromatic rings. The van der Waals surface area contributed by atoms with E-state index in [0.717, 1.165) is 11.3 Å². The average molecular weight is 547 g/mol. The van der Waals surface area contributed by atoms with Crippen LogP contribution in [0.15, 0.2) is 140 Å². The second-order valence-electron chi connectivity index (χ2n) is 10.6. The van der Waals surface area contributed by atoms with Crippen LogP contribution < -0.4 is 10.1 Å². The first-order valence-corrected chi connectivity index (χ1v) is 14.1. The lowest BCUT2D eigenvalue weighted by Crippen LogP contribution is -2.32. The second-order valence-corrected chi connectivity index (χ2v) is 10.6. The lowest BCUT2D eigenvalue weighted by atomic mass is 9.81. The van der Waals surface area contributed by atoms with Crippen LogP contribution in [0.1, 0.15) is 38.3 Å². The van der Waals surface area contributed by atoms with Crippen LogP contribution in [0.4, 0.5) is 5.69 Å². The Labute approximate surface area is 245 Å². The molecule has 1 aromatic heterocycles. The van der Waals surface area contributed by atoms with Gasteiger partial charge in [-0.2, -0.15) is 0 Å². The van der Waals surface area contributed by atoms with Gasteiger partial charge in [0, 0.05) is 22.2 Å². The molecule has 0 spiro atoms. The molecule has 0 saturated heterocycles. The van der Waals surface area contributed by atoms with E-state index in [1.165, 1.54) is 38.9 Å². The fourth-order valence-electron chi connectivity index (χ4n) is 6.31. The van der Waals surface area contributed by atoms with Gasteiger partial charge in [-0.3, -0.25) is 4.79 Å². The van der Waals surface area contributed by atoms with E-state index in [1.54, 1.807) is 31.4 Å². The number of aromatic nitrogens is 1. The van der Waals surface area contributed by atoms with Gasteiger partial charge in [0.15, 0.2) is 0 Å². The van der Waals surface area contributed by atoms with Crippen molar-refractivity contribution < 1.29 is 9.53 Å². The third kappa shape index (κ3) is 4.03. The first-order valence-electron chi connectivity index (χ1n) is 14.1. The number of para-hydroxylation sites is 1. The standard InChI is InChI=1S/C38H30N2O2/c1-26-33-15-9-10-16-35(33)40-36(26)34(27-11-5-3-6-12-27)25-38(40,29-13-7-4-8-14-29)30-19-21-31(22-20-30)39-37(41)28-17-23-32(42-2)24-18-28/h3-25H,1-2H3,(H,39,41). The highest BCUT2D eigenvalue weighted by Crippen LogP contribution is 2.50. The predicted molar refractivity (Wildman–Crippen MR) is 170 cm³/mol. The van der Waals surface area contributed by atoms with Crippen LogP contribution >= 0.6 is 0 Å². The van der Waals surface area contributed by atoms with Crippen molar-refractivity contribution in [1.29, 1.82) is 0 Å². The minimum atomic E-state index is -0.589. The van der Waals surface area contributed by atoms with E-state index in [2.05, 4.69) is 120 Å². The number of allylic oxidation sites excluding steroid dienone is 1. The SMILES string of the molecule is COc1ccc(C(=O)Nc2ccc(C3(c4ccccc4)C=C(c4ccccc4)c4c(C)c5ccccc5n43)cc2)cc1. The van der Waals surface area contributed by atoms with Gasteiger partial charge in [0.05, 0.1) is 18.3 Å². The van der Waals surface area contributed by atoms with E-state index in [4.69, 9.17) is 4.74 Å². The summed E-state index contributed by atoms with van der Waals surface area (Å²) >= 11 is 0. The molecule has 1 aliphatic heterocycles. The summed E-state index contributed by atoms with van der Waals surface area (Å²) in [5, 5.41) is 4.30. The number of carbonyl (C=O) groups is 1. The van der Waals surface area contributed by atoms with Crippen molar-refractivity contribution in [3.05, 3.63) is 173 Å². The van der Waals surface area contributed by atoms with Crippen molar-refractivity contribution in [1.82, 2.24) is 4.57 Å². The molecule has 4 nitrogen and oxygen atoms in total. The molecule has 2 heterocycles. The quantitative estimate of drug-likeness (QED) is 0.228. The molecule has 0 saturated carbocycles. The number of fused-ring (bicyclic) bond motifs is 3. The summed E-state index contributed by atoms with van der Waals surface area (Å²) < 4.78 is 7.73. The van der Waals surface area contributed by atoms with E-state index in [1.807, 2.05) is 12.1 Å². The number of hydrogen-bond donors (Lipinski definition) is 1. The van der Waals surface area contributed by atoms with Gasteiger partial charge in [0.1, 0.15) is 11.3 Å². The summed E-state index contributed by atoms with van der Waals surface area (Å²) in [6.07, 6.45) is 2.41. The Morgan fingerprint density at radius 3 is 2.02 bits per heavy atom. The monoisotopic (exact) mass is 546 g/mol. The first-order chi connectivity index (χ1) is 20.6. The molecule has 0 fully saturated rings. The molecule has 1 amide bonds. The van der Waals surface area contributed by atoms with Gasteiger partial charge >= 0.3 is 0 Å². The number of aryl methyl sites for hydroxylation is 1. The van der Waals surface area contributed by atoms with E-state index in [-0.39, 0.29) is 5.91 Å². The number of carbonyl (C=O) groups excluding carboxylic acids is 1. The number of nitrogens with zero attached hydrogens (tertiary/aromatic N) is 1. The van der Waals surface area contributed by atoms with Gasteiger partial charge in [-0.05, 0) is 77.7 Å². The number of ether oxygens (including phenoxy) is 1. The third-order valence-corrected chi connectivity index (χ3v) is 8.32. The Hall–Kier alpha value is -5.35. The summed E-state index contributed by atoms with van der Waals surface area (Å²) in [5.74, 6) is 0.554. The Morgan fingerprint density at radius 2 is 1.33 bits per heavy atom. The molecular weight excluding hydrogens is 516 g/mol. The fraction of sp³-hybridized carbons (Fsp3) is 0.0789. The maximum absolute atomic E-state index is 13.0. The molecule has 0 aliphatic carbocycles. The second kappa shape index (κ2) is 10.2. The number of anilines is 1. The summed E-state index contributed by atoms with van der Waals surface area (Å²) in [6.45, 7) is 2.23. The molecule has 0 bridgehead atoms. The van der Waals surface area contributed by atoms with Crippen LogP contribution in [0.2, 0.25) is 0 Å². The minimum Gasteiger partial charge on any atom is -0.497 e. The summed E-state index contributed by atoms with van der Waals surface area (Å²) in [6, 6.07) is 45.3. The van der Waals surface area contributed by atoms with Crippen molar-refractivity contribution in [3.63, 3.8) is 0 Å². The Balaban J connectivity index is 1.39. The van der Waals surface area contributed by atoms with Gasteiger partial charge in [0.2, 0.25) is 0 Å². The fourth-order valence-corrected chi connectivity index (χ4v) is 6.31. The van der Waals surface area contributed by atoms with Crippen LogP contribution in [0.5, 0.6) is 5.75 Å². The maximum Gasteiger partial charge on any atom is 0.255 e. The van der Waals surface area contributed by atoms with Gasteiger partial charge in [-0.1, -0.05) is 91.0 Å². The van der Waals surface area contributed by atoms with Crippen LogP contribution in [-0.4, -0.2) is 17.6 Å². The molecule has 5 aromatic carbocycles. The molecule has 0 radical (unpaired) electrons. The lowest BCUT2D eigenvalue weighted by Gasteiger charge is -2.33. The molecule has 4 heteroatoms. The number of methoxy groups -OCH3 is 1. The topological polar surface area (TPSA) is 43.3 Å². The highest BCUT2D eigenvalue weighted by molar-refractivity contribution is 6.04. The van der Waals surface area contributed by atoms with Gasteiger partial charge in [-0.15, -0.1) is 0 Å². The zero-order valence-corrected chi connectivity index (χ0v) is 23.5. The number of benzene rings is 5. The summed E-state index contributed by atoms with van der Waals surface area (Å²) in [5.41, 5.74) is 9.09. The maximum atomic E-state index is 13.0. The number of amides is 1. The molecule has 42 heavy (non-hydrogen) atoms. The zero-order valence-electron chi connectivity index (χ0n) is 23.5. The minimum absolute atomic E-state index is 0.162. The third-order valence-electron chi connectivity index (χ3n) is 8.32. The Morgan fingerprint density at radius 1 is 0.714 bits per heavy atom. The number of hydrogen-bond acceptors (Lipinski definition) is 2. The molecule has 1 unspecified atom stereocenters. The number of nitrogens with one attached hydrogen (secondary N) is 1. The first kappa shape index (κ1) is 25.6. The smallest absolute Gasteiger partial charge is 0.255 e. The molecule has 1 N–H and O–H groups in total. The summed E-state index contributed by atoms with van der Waals surface area (Å²) in [7, 11) is 1.61. The van der Waals surface area contributed by atoms with Crippen molar-refractivity contribution in [3.8, 4) is 5.75 Å². The van der Waals surface area contributed by atoms with E-state index in [0.29, 0.717) is 11.3 Å². The van der Waals surface area contributed by atoms with Crippen molar-refractivity contribution in [2.45, 2.75) is 12.5 Å². The Kier molecular flexibility index (Phi) is 6.24. The van der Waals surface area contributed by atoms with E-state index >= 15 is 0 Å². The molecular formula is C38H30N2O2. The predicted octanol–water partition coefficient (Wildman–Crippen LogP) is 8.45. The van der Waals surface area contributed by atoms with Gasteiger partial charge in [-0.25, -0.2) is 0 Å². The number of rotatable bonds is 6. The van der Waals surface area contributed by atoms with Crippen LogP contribution in [-0.2, 0) is 5.54 Å². The largest absolute Gasteiger partial charge is 0.497 e. The van der Waals surface area contributed by atoms with Gasteiger partial charge < -0.3 is 14.6 Å². The lowest BCUT2D eigenvalue weighted by molar-refractivity contribution is 0.102. The Bertz CT molecular complexity index is 1940. The normalized spacial score (nSPS) is 15.7. The van der Waals surface area contributed by atoms with Crippen molar-refractivity contribution in [2.24, 2.45) is 0 Å². The molecule has 1 atom stereocenters. The highest BCUT2D eigenvalue weighted by atomic mass is 16.5. The molecule has 7 rings (SSSR count). The average Bonchev–Trinajstić information content (AvgIpc) is 3.57. The van der Waals surface area contributed by atoms with E-state index in [9.17, 15) is 4.79 Å². The van der Waals surface area contributed by atoms with Crippen LogP contribution in [0.25, 0.3) is 16.5 Å².